The van der Waals surface area contributed by atoms with Gasteiger partial charge in [0.15, 0.2) is 0 Å². The van der Waals surface area contributed by atoms with Crippen molar-refractivity contribution in [3.8, 4) is 0 Å². The lowest BCUT2D eigenvalue weighted by Crippen LogP contribution is -2.18. The topological polar surface area (TPSA) is 52.6 Å². The first-order valence-corrected chi connectivity index (χ1v) is 15.2. The minimum Gasteiger partial charge on any atom is -0.379 e. The van der Waals surface area contributed by atoms with Crippen molar-refractivity contribution in [2.75, 3.05) is 19.8 Å². The van der Waals surface area contributed by atoms with E-state index in [9.17, 15) is 9.59 Å². The fourth-order valence-corrected chi connectivity index (χ4v) is 4.55. The van der Waals surface area contributed by atoms with E-state index >= 15 is 0 Å². The van der Waals surface area contributed by atoms with Crippen molar-refractivity contribution in [3.63, 3.8) is 0 Å². The standard InChI is InChI=1S/C33H56O4/c1-5-7-8-9-10-11-12-13-14-15-16-22-36-27-29(4)37-23-21-28(3)24-33(35)26-31-19-17-30(18-20-31)25-32(34)6-2/h17-20,28-29H,5-16,21-27H2,1-4H3. The van der Waals surface area contributed by atoms with E-state index in [1.54, 1.807) is 0 Å². The van der Waals surface area contributed by atoms with Crippen molar-refractivity contribution in [2.24, 2.45) is 5.92 Å². The summed E-state index contributed by atoms with van der Waals surface area (Å²) >= 11 is 0. The highest BCUT2D eigenvalue weighted by molar-refractivity contribution is 5.81. The highest BCUT2D eigenvalue weighted by atomic mass is 16.5. The van der Waals surface area contributed by atoms with Crippen molar-refractivity contribution in [2.45, 2.75) is 137 Å². The molecule has 0 aliphatic rings. The van der Waals surface area contributed by atoms with Gasteiger partial charge in [0, 0.05) is 38.9 Å². The van der Waals surface area contributed by atoms with Gasteiger partial charge in [0.1, 0.15) is 11.6 Å². The van der Waals surface area contributed by atoms with Crippen LogP contribution in [-0.2, 0) is 31.9 Å². The maximum Gasteiger partial charge on any atom is 0.137 e. The molecule has 1 rings (SSSR count). The van der Waals surface area contributed by atoms with Crippen LogP contribution in [0.15, 0.2) is 24.3 Å². The molecule has 0 aromatic heterocycles. The van der Waals surface area contributed by atoms with Gasteiger partial charge in [0.2, 0.25) is 0 Å². The van der Waals surface area contributed by atoms with Gasteiger partial charge in [-0.2, -0.15) is 0 Å². The third-order valence-electron chi connectivity index (χ3n) is 7.05. The van der Waals surface area contributed by atoms with E-state index in [0.717, 1.165) is 30.6 Å². The van der Waals surface area contributed by atoms with Gasteiger partial charge in [-0.25, -0.2) is 0 Å². The summed E-state index contributed by atoms with van der Waals surface area (Å²) in [6, 6.07) is 7.88. The molecule has 0 amide bonds. The Hall–Kier alpha value is -1.52. The molecule has 37 heavy (non-hydrogen) atoms. The van der Waals surface area contributed by atoms with Crippen LogP contribution in [-0.4, -0.2) is 37.5 Å². The van der Waals surface area contributed by atoms with E-state index in [2.05, 4.69) is 20.8 Å². The van der Waals surface area contributed by atoms with E-state index in [4.69, 9.17) is 9.47 Å². The van der Waals surface area contributed by atoms with Crippen LogP contribution in [0.2, 0.25) is 0 Å². The number of unbranched alkanes of at least 4 members (excludes halogenated alkanes) is 10. The number of ketones is 2. The molecule has 0 fully saturated rings. The molecule has 0 aliphatic carbocycles. The minimum atomic E-state index is 0.0914. The molecule has 2 atom stereocenters. The highest BCUT2D eigenvalue weighted by Gasteiger charge is 2.12. The van der Waals surface area contributed by atoms with Crippen LogP contribution in [0.25, 0.3) is 0 Å². The van der Waals surface area contributed by atoms with E-state index in [1.807, 2.05) is 31.2 Å². The normalized spacial score (nSPS) is 13.0. The Bertz CT molecular complexity index is 697. The molecule has 0 radical (unpaired) electrons. The lowest BCUT2D eigenvalue weighted by atomic mass is 9.96. The largest absolute Gasteiger partial charge is 0.379 e. The average molecular weight is 517 g/mol. The fourth-order valence-electron chi connectivity index (χ4n) is 4.55. The van der Waals surface area contributed by atoms with Crippen molar-refractivity contribution in [3.05, 3.63) is 35.4 Å². The SMILES string of the molecule is CCCCCCCCCCCCCOCC(C)OCCC(C)CC(=O)Cc1ccc(CC(=O)CC)cc1. The van der Waals surface area contributed by atoms with Crippen LogP contribution in [0.3, 0.4) is 0 Å². The smallest absolute Gasteiger partial charge is 0.137 e. The summed E-state index contributed by atoms with van der Waals surface area (Å²) in [5.74, 6) is 0.803. The Morgan fingerprint density at radius 2 is 1.22 bits per heavy atom. The van der Waals surface area contributed by atoms with E-state index < -0.39 is 0 Å². The third kappa shape index (κ3) is 19.2. The fraction of sp³-hybridized carbons (Fsp3) is 0.758. The number of benzene rings is 1. The first-order valence-electron chi connectivity index (χ1n) is 15.2. The van der Waals surface area contributed by atoms with Gasteiger partial charge >= 0.3 is 0 Å². The molecule has 0 N–H and O–H groups in total. The molecule has 212 valence electrons. The Labute approximate surface area is 228 Å². The quantitative estimate of drug-likeness (QED) is 0.122. The second-order valence-electron chi connectivity index (χ2n) is 11.0. The van der Waals surface area contributed by atoms with Gasteiger partial charge in [0.25, 0.3) is 0 Å². The van der Waals surface area contributed by atoms with E-state index in [-0.39, 0.29) is 17.7 Å². The molecule has 1 aromatic carbocycles. The number of hydrogen-bond acceptors (Lipinski definition) is 4. The van der Waals surface area contributed by atoms with Gasteiger partial charge in [-0.05, 0) is 36.8 Å². The summed E-state index contributed by atoms with van der Waals surface area (Å²) < 4.78 is 11.7. The van der Waals surface area contributed by atoms with Crippen molar-refractivity contribution in [1.82, 2.24) is 0 Å². The molecule has 4 heteroatoms. The van der Waals surface area contributed by atoms with Crippen LogP contribution >= 0.6 is 0 Å². The van der Waals surface area contributed by atoms with Gasteiger partial charge in [0.05, 0.1) is 12.7 Å². The second kappa shape index (κ2) is 22.5. The Kier molecular flexibility index (Phi) is 20.3. The molecule has 1 aromatic rings. The molecular weight excluding hydrogens is 460 g/mol. The number of ether oxygens (including phenoxy) is 2. The number of rotatable bonds is 25. The molecule has 0 saturated carbocycles. The predicted octanol–water partition coefficient (Wildman–Crippen LogP) is 8.47. The predicted molar refractivity (Wildman–Crippen MR) is 155 cm³/mol. The first kappa shape index (κ1) is 33.5. The lowest BCUT2D eigenvalue weighted by Gasteiger charge is -2.16. The molecule has 4 nitrogen and oxygen atoms in total. The van der Waals surface area contributed by atoms with Gasteiger partial charge in [-0.1, -0.05) is 109 Å². The highest BCUT2D eigenvalue weighted by Crippen LogP contribution is 2.14. The lowest BCUT2D eigenvalue weighted by molar-refractivity contribution is -0.119. The van der Waals surface area contributed by atoms with Crippen LogP contribution in [0.1, 0.15) is 129 Å². The molecular formula is C33H56O4. The first-order chi connectivity index (χ1) is 17.9. The molecule has 0 bridgehead atoms. The third-order valence-corrected chi connectivity index (χ3v) is 7.05. The van der Waals surface area contributed by atoms with Gasteiger partial charge < -0.3 is 9.47 Å². The summed E-state index contributed by atoms with van der Waals surface area (Å²) in [6.45, 7) is 10.5. The second-order valence-corrected chi connectivity index (χ2v) is 11.0. The minimum absolute atomic E-state index is 0.0914. The van der Waals surface area contributed by atoms with Crippen LogP contribution in [0.4, 0.5) is 0 Å². The molecule has 0 spiro atoms. The van der Waals surface area contributed by atoms with E-state index in [1.165, 1.54) is 64.2 Å². The van der Waals surface area contributed by atoms with Crippen LogP contribution in [0.5, 0.6) is 0 Å². The van der Waals surface area contributed by atoms with Crippen molar-refractivity contribution in [1.29, 1.82) is 0 Å². The van der Waals surface area contributed by atoms with Crippen LogP contribution in [0, 0.1) is 5.92 Å². The zero-order valence-electron chi connectivity index (χ0n) is 24.5. The van der Waals surface area contributed by atoms with E-state index in [0.29, 0.717) is 44.8 Å². The van der Waals surface area contributed by atoms with Crippen molar-refractivity contribution < 1.29 is 19.1 Å². The summed E-state index contributed by atoms with van der Waals surface area (Å²) in [5.41, 5.74) is 2.04. The summed E-state index contributed by atoms with van der Waals surface area (Å²) in [5, 5.41) is 0. The number of carbonyl (C=O) groups excluding carboxylic acids is 2. The average Bonchev–Trinajstić information content (AvgIpc) is 2.87. The molecule has 0 saturated heterocycles. The summed E-state index contributed by atoms with van der Waals surface area (Å²) in [4.78, 5) is 24.0. The molecule has 0 heterocycles. The van der Waals surface area contributed by atoms with Crippen LogP contribution < -0.4 is 0 Å². The van der Waals surface area contributed by atoms with Gasteiger partial charge in [-0.15, -0.1) is 0 Å². The molecule has 0 aliphatic heterocycles. The number of hydrogen-bond donors (Lipinski definition) is 0. The Balaban J connectivity index is 1.99. The number of carbonyl (C=O) groups is 2. The number of Topliss-reactive ketones (excluding diaryl/α,β-unsaturated/α-hetero) is 2. The maximum absolute atomic E-state index is 12.5. The summed E-state index contributed by atoms with van der Waals surface area (Å²) in [6.07, 6.45) is 17.9. The summed E-state index contributed by atoms with van der Waals surface area (Å²) in [7, 11) is 0. The maximum atomic E-state index is 12.5. The molecule has 2 unspecified atom stereocenters. The Morgan fingerprint density at radius 3 is 1.76 bits per heavy atom. The monoisotopic (exact) mass is 516 g/mol. The van der Waals surface area contributed by atoms with Gasteiger partial charge in [-0.3, -0.25) is 9.59 Å². The van der Waals surface area contributed by atoms with Crippen molar-refractivity contribution >= 4 is 11.6 Å². The Morgan fingerprint density at radius 1 is 0.703 bits per heavy atom. The zero-order valence-corrected chi connectivity index (χ0v) is 24.5. The zero-order chi connectivity index (χ0) is 27.1.